The predicted molar refractivity (Wildman–Crippen MR) is 88.6 cm³/mol. The standard InChI is InChI=1S/C17H26N4O2/c1-4-15-18-14-10-12-8-7-11(9-13(14)16(22)19-15)21(12)17(23)20(5-2)6-3/h11-12H,4-10H2,1-3H3,(H,18,19,22). The number of carbonyl (C=O) groups is 1. The normalized spacial score (nSPS) is 22.7. The van der Waals surface area contributed by atoms with E-state index in [4.69, 9.17) is 0 Å². The fraction of sp³-hybridized carbons (Fsp3) is 0.706. The summed E-state index contributed by atoms with van der Waals surface area (Å²) in [7, 11) is 0. The summed E-state index contributed by atoms with van der Waals surface area (Å²) in [6.07, 6.45) is 4.04. The second kappa shape index (κ2) is 6.34. The summed E-state index contributed by atoms with van der Waals surface area (Å²) in [5.41, 5.74) is 1.66. The molecule has 2 amide bonds. The first kappa shape index (κ1) is 16.0. The van der Waals surface area contributed by atoms with Crippen molar-refractivity contribution in [2.45, 2.75) is 65.0 Å². The van der Waals surface area contributed by atoms with E-state index >= 15 is 0 Å². The van der Waals surface area contributed by atoms with E-state index in [9.17, 15) is 9.59 Å². The molecule has 23 heavy (non-hydrogen) atoms. The van der Waals surface area contributed by atoms with E-state index in [1.54, 1.807) is 0 Å². The summed E-state index contributed by atoms with van der Waals surface area (Å²) < 4.78 is 0. The van der Waals surface area contributed by atoms with Crippen LogP contribution in [-0.4, -0.2) is 51.0 Å². The average molecular weight is 318 g/mol. The molecule has 2 aliphatic heterocycles. The van der Waals surface area contributed by atoms with Crippen molar-refractivity contribution < 1.29 is 4.79 Å². The minimum atomic E-state index is -0.0189. The highest BCUT2D eigenvalue weighted by Crippen LogP contribution is 2.33. The number of hydrogen-bond donors (Lipinski definition) is 1. The van der Waals surface area contributed by atoms with Crippen molar-refractivity contribution >= 4 is 6.03 Å². The number of carbonyl (C=O) groups excluding carboxylic acids is 1. The third kappa shape index (κ3) is 2.75. The van der Waals surface area contributed by atoms with Crippen molar-refractivity contribution in [2.24, 2.45) is 0 Å². The number of aromatic amines is 1. The van der Waals surface area contributed by atoms with Crippen LogP contribution in [0, 0.1) is 0 Å². The molecular formula is C17H26N4O2. The van der Waals surface area contributed by atoms with Crippen molar-refractivity contribution in [3.63, 3.8) is 0 Å². The summed E-state index contributed by atoms with van der Waals surface area (Å²) in [6, 6.07) is 0.417. The first-order chi connectivity index (χ1) is 11.1. The number of rotatable bonds is 3. The molecule has 0 spiro atoms. The maximum atomic E-state index is 12.9. The topological polar surface area (TPSA) is 69.3 Å². The van der Waals surface area contributed by atoms with Gasteiger partial charge in [0.1, 0.15) is 5.82 Å². The van der Waals surface area contributed by atoms with Gasteiger partial charge in [-0.1, -0.05) is 6.92 Å². The molecule has 1 aromatic rings. The largest absolute Gasteiger partial charge is 0.325 e. The van der Waals surface area contributed by atoms with Crippen molar-refractivity contribution in [3.8, 4) is 0 Å². The van der Waals surface area contributed by atoms with Crippen LogP contribution in [0.1, 0.15) is 50.7 Å². The Balaban J connectivity index is 1.94. The Hall–Kier alpha value is -1.85. The van der Waals surface area contributed by atoms with Gasteiger partial charge in [-0.3, -0.25) is 4.79 Å². The molecule has 0 aromatic carbocycles. The molecule has 3 rings (SSSR count). The van der Waals surface area contributed by atoms with E-state index in [-0.39, 0.29) is 23.7 Å². The summed E-state index contributed by atoms with van der Waals surface area (Å²) in [5.74, 6) is 0.744. The van der Waals surface area contributed by atoms with Gasteiger partial charge in [0.25, 0.3) is 5.56 Å². The van der Waals surface area contributed by atoms with E-state index < -0.39 is 0 Å². The lowest BCUT2D eigenvalue weighted by Crippen LogP contribution is -2.49. The van der Waals surface area contributed by atoms with E-state index in [1.807, 2.05) is 30.6 Å². The van der Waals surface area contributed by atoms with Crippen molar-refractivity contribution in [3.05, 3.63) is 27.4 Å². The lowest BCUT2D eigenvalue weighted by molar-refractivity contribution is 0.136. The number of amides is 2. The molecule has 6 nitrogen and oxygen atoms in total. The first-order valence-corrected chi connectivity index (χ1v) is 8.77. The maximum absolute atomic E-state index is 12.9. The van der Waals surface area contributed by atoms with Crippen molar-refractivity contribution in [1.29, 1.82) is 0 Å². The first-order valence-electron chi connectivity index (χ1n) is 8.77. The molecule has 0 radical (unpaired) electrons. The van der Waals surface area contributed by atoms with Crippen LogP contribution in [0.5, 0.6) is 0 Å². The van der Waals surface area contributed by atoms with Gasteiger partial charge < -0.3 is 14.8 Å². The average Bonchev–Trinajstić information content (AvgIpc) is 2.83. The van der Waals surface area contributed by atoms with Gasteiger partial charge in [0.15, 0.2) is 0 Å². The molecule has 3 heterocycles. The Morgan fingerprint density at radius 3 is 2.48 bits per heavy atom. The quantitative estimate of drug-likeness (QED) is 0.922. The fourth-order valence-corrected chi connectivity index (χ4v) is 3.93. The minimum Gasteiger partial charge on any atom is -0.325 e. The van der Waals surface area contributed by atoms with Crippen LogP contribution in [0.4, 0.5) is 4.79 Å². The number of H-pyrrole nitrogens is 1. The van der Waals surface area contributed by atoms with Crippen LogP contribution in [0.3, 0.4) is 0 Å². The third-order valence-corrected chi connectivity index (χ3v) is 5.23. The van der Waals surface area contributed by atoms with Gasteiger partial charge in [0, 0.05) is 50.0 Å². The van der Waals surface area contributed by atoms with Crippen LogP contribution < -0.4 is 5.56 Å². The molecule has 2 unspecified atom stereocenters. The zero-order valence-electron chi connectivity index (χ0n) is 14.3. The number of aryl methyl sites for hydroxylation is 1. The molecule has 126 valence electrons. The molecule has 2 aliphatic rings. The van der Waals surface area contributed by atoms with Crippen LogP contribution in [-0.2, 0) is 19.3 Å². The number of nitrogens with zero attached hydrogens (tertiary/aromatic N) is 3. The van der Waals surface area contributed by atoms with Crippen LogP contribution in [0.25, 0.3) is 0 Å². The molecule has 1 saturated heterocycles. The molecule has 1 N–H and O–H groups in total. The van der Waals surface area contributed by atoms with Crippen LogP contribution in [0.2, 0.25) is 0 Å². The fourth-order valence-electron chi connectivity index (χ4n) is 3.93. The van der Waals surface area contributed by atoms with E-state index in [0.717, 1.165) is 49.4 Å². The Morgan fingerprint density at radius 1 is 1.22 bits per heavy atom. The summed E-state index contributed by atoms with van der Waals surface area (Å²) >= 11 is 0. The van der Waals surface area contributed by atoms with Gasteiger partial charge in [-0.2, -0.15) is 0 Å². The minimum absolute atomic E-state index is 0.0189. The molecule has 0 aliphatic carbocycles. The Labute approximate surface area is 136 Å². The molecule has 2 atom stereocenters. The second-order valence-corrected chi connectivity index (χ2v) is 6.45. The van der Waals surface area contributed by atoms with Gasteiger partial charge in [-0.25, -0.2) is 9.78 Å². The Bertz CT molecular complexity index is 650. The Morgan fingerprint density at radius 2 is 1.87 bits per heavy atom. The molecule has 6 heteroatoms. The van der Waals surface area contributed by atoms with Crippen molar-refractivity contribution in [2.75, 3.05) is 13.1 Å². The monoisotopic (exact) mass is 318 g/mol. The number of nitrogens with one attached hydrogen (secondary N) is 1. The van der Waals surface area contributed by atoms with Crippen LogP contribution >= 0.6 is 0 Å². The van der Waals surface area contributed by atoms with Gasteiger partial charge in [0.05, 0.1) is 5.69 Å². The van der Waals surface area contributed by atoms with Crippen LogP contribution in [0.15, 0.2) is 4.79 Å². The summed E-state index contributed by atoms with van der Waals surface area (Å²) in [4.78, 5) is 36.7. The molecule has 2 bridgehead atoms. The molecule has 1 fully saturated rings. The van der Waals surface area contributed by atoms with E-state index in [0.29, 0.717) is 12.8 Å². The zero-order valence-corrected chi connectivity index (χ0v) is 14.3. The zero-order chi connectivity index (χ0) is 16.6. The smallest absolute Gasteiger partial charge is 0.320 e. The van der Waals surface area contributed by atoms with Gasteiger partial charge in [0.2, 0.25) is 0 Å². The number of aromatic nitrogens is 2. The van der Waals surface area contributed by atoms with Gasteiger partial charge in [-0.05, 0) is 26.7 Å². The maximum Gasteiger partial charge on any atom is 0.320 e. The highest BCUT2D eigenvalue weighted by Gasteiger charge is 2.42. The summed E-state index contributed by atoms with van der Waals surface area (Å²) in [5, 5.41) is 0. The highest BCUT2D eigenvalue weighted by molar-refractivity contribution is 5.75. The number of urea groups is 1. The van der Waals surface area contributed by atoms with Crippen molar-refractivity contribution in [1.82, 2.24) is 19.8 Å². The summed E-state index contributed by atoms with van der Waals surface area (Å²) in [6.45, 7) is 7.45. The third-order valence-electron chi connectivity index (χ3n) is 5.23. The van der Waals surface area contributed by atoms with Gasteiger partial charge >= 0.3 is 6.03 Å². The SMILES string of the molecule is CCc1nc2c(c(=O)[nH]1)CC1CCC(C2)N1C(=O)N(CC)CC. The second-order valence-electron chi connectivity index (χ2n) is 6.45. The van der Waals surface area contributed by atoms with E-state index in [2.05, 4.69) is 9.97 Å². The molecule has 0 saturated carbocycles. The number of fused-ring (bicyclic) bond motifs is 3. The predicted octanol–water partition coefficient (Wildman–Crippen LogP) is 1.73. The highest BCUT2D eigenvalue weighted by atomic mass is 16.2. The molecule has 1 aromatic heterocycles. The van der Waals surface area contributed by atoms with Gasteiger partial charge in [-0.15, -0.1) is 0 Å². The number of hydrogen-bond acceptors (Lipinski definition) is 3. The molecular weight excluding hydrogens is 292 g/mol. The van der Waals surface area contributed by atoms with E-state index in [1.165, 1.54) is 0 Å². The lowest BCUT2D eigenvalue weighted by Gasteiger charge is -2.33. The Kier molecular flexibility index (Phi) is 4.41. The lowest BCUT2D eigenvalue weighted by atomic mass is 9.98.